The third-order valence-electron chi connectivity index (χ3n) is 2.05. The molecule has 1 amide bonds. The Morgan fingerprint density at radius 3 is 2.60 bits per heavy atom. The average molecular weight is 235 g/mol. The van der Waals surface area contributed by atoms with E-state index in [2.05, 4.69) is 6.58 Å². The Balaban J connectivity index is 2.23. The number of hydrogen-bond acceptors (Lipinski definition) is 3. The van der Waals surface area contributed by atoms with E-state index in [0.29, 0.717) is 16.4 Å². The molecule has 0 aliphatic carbocycles. The molecule has 1 fully saturated rings. The minimum atomic E-state index is -0.0493. The lowest BCUT2D eigenvalue weighted by Gasteiger charge is -2.13. The first-order valence-electron chi connectivity index (χ1n) is 4.45. The first kappa shape index (κ1) is 10.4. The number of carbonyl (C=O) groups is 1. The van der Waals surface area contributed by atoms with Crippen molar-refractivity contribution < 1.29 is 4.79 Å². The molecule has 1 aromatic rings. The van der Waals surface area contributed by atoms with Gasteiger partial charge in [0.2, 0.25) is 0 Å². The van der Waals surface area contributed by atoms with E-state index in [0.717, 1.165) is 4.91 Å². The summed E-state index contributed by atoms with van der Waals surface area (Å²) in [4.78, 5) is 14.5. The molecular weight excluding hydrogens is 226 g/mol. The van der Waals surface area contributed by atoms with E-state index in [1.165, 1.54) is 11.8 Å². The second kappa shape index (κ2) is 4.16. The molecule has 15 heavy (non-hydrogen) atoms. The number of carbonyl (C=O) groups excluding carboxylic acids is 1. The molecule has 4 heteroatoms. The van der Waals surface area contributed by atoms with Crippen molar-refractivity contribution in [2.75, 3.05) is 6.54 Å². The molecular formula is C11H9NOS2. The number of thiocarbonyl (C=S) groups is 1. The summed E-state index contributed by atoms with van der Waals surface area (Å²) in [5, 5.41) is 0. The van der Waals surface area contributed by atoms with Crippen LogP contribution in [-0.2, 0) is 0 Å². The van der Waals surface area contributed by atoms with Gasteiger partial charge in [-0.2, -0.15) is 0 Å². The van der Waals surface area contributed by atoms with Crippen LogP contribution in [0.1, 0.15) is 10.4 Å². The Hall–Kier alpha value is -1.13. The predicted octanol–water partition coefficient (Wildman–Crippen LogP) is 2.67. The van der Waals surface area contributed by atoms with Crippen LogP contribution in [0.3, 0.4) is 0 Å². The van der Waals surface area contributed by atoms with Gasteiger partial charge in [0.1, 0.15) is 4.32 Å². The van der Waals surface area contributed by atoms with Crippen molar-refractivity contribution in [1.29, 1.82) is 0 Å². The minimum absolute atomic E-state index is 0.0493. The van der Waals surface area contributed by atoms with E-state index in [1.54, 1.807) is 17.0 Å². The summed E-state index contributed by atoms with van der Waals surface area (Å²) in [7, 11) is 0. The molecule has 0 spiro atoms. The Labute approximate surface area is 98.0 Å². The van der Waals surface area contributed by atoms with E-state index < -0.39 is 0 Å². The maximum atomic E-state index is 12.0. The van der Waals surface area contributed by atoms with Crippen molar-refractivity contribution >= 4 is 34.2 Å². The monoisotopic (exact) mass is 235 g/mol. The number of nitrogens with zero attached hydrogens (tertiary/aromatic N) is 1. The van der Waals surface area contributed by atoms with Crippen LogP contribution in [0.25, 0.3) is 0 Å². The largest absolute Gasteiger partial charge is 0.288 e. The van der Waals surface area contributed by atoms with Crippen LogP contribution >= 0.6 is 24.0 Å². The van der Waals surface area contributed by atoms with Crippen LogP contribution in [0, 0.1) is 0 Å². The normalized spacial score (nSPS) is 15.9. The van der Waals surface area contributed by atoms with Gasteiger partial charge in [-0.1, -0.05) is 48.8 Å². The highest BCUT2D eigenvalue weighted by Gasteiger charge is 2.27. The number of benzene rings is 1. The van der Waals surface area contributed by atoms with E-state index in [1.807, 2.05) is 18.2 Å². The molecule has 0 aromatic heterocycles. The molecule has 1 aliphatic heterocycles. The van der Waals surface area contributed by atoms with Gasteiger partial charge < -0.3 is 0 Å². The van der Waals surface area contributed by atoms with Gasteiger partial charge in [0, 0.05) is 10.5 Å². The van der Waals surface area contributed by atoms with E-state index in [9.17, 15) is 4.79 Å². The summed E-state index contributed by atoms with van der Waals surface area (Å²) in [6, 6.07) is 9.14. The van der Waals surface area contributed by atoms with E-state index in [-0.39, 0.29) is 5.91 Å². The zero-order valence-electron chi connectivity index (χ0n) is 7.97. The third-order valence-corrected chi connectivity index (χ3v) is 3.34. The standard InChI is InChI=1S/C11H9NOS2/c1-8-7-12(11(14)15-8)10(13)9-5-3-2-4-6-9/h2-6H,1,7H2. The number of hydrogen-bond donors (Lipinski definition) is 0. The summed E-state index contributed by atoms with van der Waals surface area (Å²) in [5.74, 6) is -0.0493. The zero-order chi connectivity index (χ0) is 10.8. The quantitative estimate of drug-likeness (QED) is 0.698. The van der Waals surface area contributed by atoms with Gasteiger partial charge in [0.25, 0.3) is 5.91 Å². The average Bonchev–Trinajstić information content (AvgIpc) is 2.58. The van der Waals surface area contributed by atoms with Gasteiger partial charge in [-0.05, 0) is 12.1 Å². The molecule has 0 N–H and O–H groups in total. The van der Waals surface area contributed by atoms with E-state index >= 15 is 0 Å². The number of amides is 1. The highest BCUT2D eigenvalue weighted by molar-refractivity contribution is 8.25. The van der Waals surface area contributed by atoms with Crippen LogP contribution in [0.15, 0.2) is 41.8 Å². The van der Waals surface area contributed by atoms with Gasteiger partial charge >= 0.3 is 0 Å². The SMILES string of the molecule is C=C1CN(C(=O)c2ccccc2)C(=S)S1. The molecule has 2 nitrogen and oxygen atoms in total. The highest BCUT2D eigenvalue weighted by atomic mass is 32.2. The smallest absolute Gasteiger partial charge is 0.259 e. The Morgan fingerprint density at radius 2 is 2.07 bits per heavy atom. The second-order valence-corrected chi connectivity index (χ2v) is 4.98. The molecule has 0 atom stereocenters. The second-order valence-electron chi connectivity index (χ2n) is 3.16. The lowest BCUT2D eigenvalue weighted by Crippen LogP contribution is -2.30. The number of thioether (sulfide) groups is 1. The molecule has 0 saturated carbocycles. The van der Waals surface area contributed by atoms with E-state index in [4.69, 9.17) is 12.2 Å². The Morgan fingerprint density at radius 1 is 1.40 bits per heavy atom. The lowest BCUT2D eigenvalue weighted by atomic mass is 10.2. The van der Waals surface area contributed by atoms with Crippen LogP contribution in [0.2, 0.25) is 0 Å². The van der Waals surface area contributed by atoms with Gasteiger partial charge in [0.05, 0.1) is 6.54 Å². The van der Waals surface area contributed by atoms with Gasteiger partial charge in [-0.3, -0.25) is 9.69 Å². The van der Waals surface area contributed by atoms with Crippen molar-refractivity contribution in [1.82, 2.24) is 4.90 Å². The van der Waals surface area contributed by atoms with Crippen molar-refractivity contribution in [2.45, 2.75) is 0 Å². The summed E-state index contributed by atoms with van der Waals surface area (Å²) >= 11 is 6.49. The molecule has 0 unspecified atom stereocenters. The molecule has 2 rings (SSSR count). The molecule has 76 valence electrons. The fraction of sp³-hybridized carbons (Fsp3) is 0.0909. The van der Waals surface area contributed by atoms with Crippen LogP contribution < -0.4 is 0 Å². The van der Waals surface area contributed by atoms with Gasteiger partial charge in [-0.15, -0.1) is 0 Å². The maximum Gasteiger partial charge on any atom is 0.259 e. The highest BCUT2D eigenvalue weighted by Crippen LogP contribution is 2.28. The van der Waals surface area contributed by atoms with Crippen LogP contribution in [0.4, 0.5) is 0 Å². The van der Waals surface area contributed by atoms with Crippen molar-refractivity contribution in [3.05, 3.63) is 47.4 Å². The lowest BCUT2D eigenvalue weighted by molar-refractivity contribution is 0.0865. The van der Waals surface area contributed by atoms with Crippen molar-refractivity contribution in [3.8, 4) is 0 Å². The predicted molar refractivity (Wildman–Crippen MR) is 66.8 cm³/mol. The minimum Gasteiger partial charge on any atom is -0.288 e. The topological polar surface area (TPSA) is 20.3 Å². The zero-order valence-corrected chi connectivity index (χ0v) is 9.61. The van der Waals surface area contributed by atoms with Gasteiger partial charge in [-0.25, -0.2) is 0 Å². The first-order chi connectivity index (χ1) is 7.18. The summed E-state index contributed by atoms with van der Waals surface area (Å²) in [6.45, 7) is 4.34. The summed E-state index contributed by atoms with van der Waals surface area (Å²) in [6.07, 6.45) is 0. The van der Waals surface area contributed by atoms with Gasteiger partial charge in [0.15, 0.2) is 0 Å². The van der Waals surface area contributed by atoms with Crippen molar-refractivity contribution in [3.63, 3.8) is 0 Å². The Kier molecular flexibility index (Phi) is 2.88. The third kappa shape index (κ3) is 2.11. The molecule has 0 radical (unpaired) electrons. The maximum absolute atomic E-state index is 12.0. The fourth-order valence-electron chi connectivity index (χ4n) is 1.34. The number of rotatable bonds is 1. The molecule has 0 bridgehead atoms. The first-order valence-corrected chi connectivity index (χ1v) is 5.67. The van der Waals surface area contributed by atoms with Crippen LogP contribution in [-0.4, -0.2) is 21.7 Å². The molecule has 1 saturated heterocycles. The van der Waals surface area contributed by atoms with Crippen LogP contribution in [0.5, 0.6) is 0 Å². The fourth-order valence-corrected chi connectivity index (χ4v) is 2.54. The molecule has 1 heterocycles. The molecule has 1 aromatic carbocycles. The summed E-state index contributed by atoms with van der Waals surface area (Å²) < 4.78 is 0.592. The Bertz CT molecular complexity index is 427. The molecule has 1 aliphatic rings. The van der Waals surface area contributed by atoms with Crippen molar-refractivity contribution in [2.24, 2.45) is 0 Å². The summed E-state index contributed by atoms with van der Waals surface area (Å²) in [5.41, 5.74) is 0.662.